The van der Waals surface area contributed by atoms with Gasteiger partial charge >= 0.3 is 0 Å². The highest BCUT2D eigenvalue weighted by atomic mass is 32.2. The number of fused-ring (bicyclic) bond motifs is 1. The minimum absolute atomic E-state index is 0.00526. The van der Waals surface area contributed by atoms with Gasteiger partial charge in [0.2, 0.25) is 22.5 Å². The monoisotopic (exact) mass is 489 g/mol. The fourth-order valence-corrected chi connectivity index (χ4v) is 6.55. The van der Waals surface area contributed by atoms with Gasteiger partial charge in [0.1, 0.15) is 6.61 Å². The number of rotatable bonds is 9. The van der Waals surface area contributed by atoms with E-state index in [1.165, 1.54) is 0 Å². The number of carbonyl (C=O) groups excluding carboxylic acids is 1. The maximum Gasteiger partial charge on any atom is 0.240 e. The smallest absolute Gasteiger partial charge is 0.240 e. The van der Waals surface area contributed by atoms with Gasteiger partial charge in [-0.05, 0) is 62.4 Å². The standard InChI is InChI=1S/C24H35N5O4S/c1-25-12-13-33-23-5-3-2-4-21(23)29-34(31,32)19-8-6-17(7-9-19)15-27-24(30)22-14-18-16-26-11-10-20(18)28-22/h6-9,18,20-23,26,28-29H,2-5,10-16H2,(H,27,30). The Morgan fingerprint density at radius 2 is 1.97 bits per heavy atom. The quantitative estimate of drug-likeness (QED) is 0.306. The first-order chi connectivity index (χ1) is 16.5. The van der Waals surface area contributed by atoms with Crippen molar-refractivity contribution in [2.24, 2.45) is 5.92 Å². The van der Waals surface area contributed by atoms with Crippen LogP contribution in [0, 0.1) is 12.5 Å². The van der Waals surface area contributed by atoms with E-state index < -0.39 is 10.0 Å². The maximum absolute atomic E-state index is 13.0. The summed E-state index contributed by atoms with van der Waals surface area (Å²) >= 11 is 0. The van der Waals surface area contributed by atoms with Crippen molar-refractivity contribution in [3.8, 4) is 0 Å². The first-order valence-corrected chi connectivity index (χ1v) is 13.7. The number of nitrogens with zero attached hydrogens (tertiary/aromatic N) is 1. The summed E-state index contributed by atoms with van der Waals surface area (Å²) in [5.74, 6) is 0.498. The van der Waals surface area contributed by atoms with E-state index in [1.807, 2.05) is 0 Å². The SMILES string of the molecule is [C-]#[N+]CCOC1CCCCC1NS(=O)(=O)c1ccc(CNC(=O)C2CC3CNCCC3N2)cc1. The number of benzene rings is 1. The van der Waals surface area contributed by atoms with E-state index in [2.05, 4.69) is 25.5 Å². The van der Waals surface area contributed by atoms with Gasteiger partial charge in [0.05, 0.1) is 17.0 Å². The van der Waals surface area contributed by atoms with Crippen molar-refractivity contribution in [2.45, 2.75) is 74.2 Å². The molecule has 186 valence electrons. The average Bonchev–Trinajstić information content (AvgIpc) is 3.28. The Labute approximate surface area is 202 Å². The third kappa shape index (κ3) is 6.34. The van der Waals surface area contributed by atoms with Crippen molar-refractivity contribution in [1.29, 1.82) is 0 Å². The van der Waals surface area contributed by atoms with E-state index in [-0.39, 0.29) is 35.5 Å². The molecule has 1 saturated carbocycles. The van der Waals surface area contributed by atoms with E-state index in [4.69, 9.17) is 11.3 Å². The van der Waals surface area contributed by atoms with E-state index in [0.717, 1.165) is 57.2 Å². The van der Waals surface area contributed by atoms with E-state index >= 15 is 0 Å². The topological polar surface area (TPSA) is 113 Å². The molecule has 2 aliphatic heterocycles. The second-order valence-corrected chi connectivity index (χ2v) is 11.2. The lowest BCUT2D eigenvalue weighted by Gasteiger charge is -2.31. The Morgan fingerprint density at radius 3 is 2.74 bits per heavy atom. The van der Waals surface area contributed by atoms with Crippen LogP contribution in [0.2, 0.25) is 0 Å². The van der Waals surface area contributed by atoms with Crippen LogP contribution in [0.15, 0.2) is 29.2 Å². The molecule has 1 aliphatic carbocycles. The first kappa shape index (κ1) is 25.1. The van der Waals surface area contributed by atoms with Gasteiger partial charge in [-0.25, -0.2) is 19.7 Å². The summed E-state index contributed by atoms with van der Waals surface area (Å²) < 4.78 is 34.5. The molecule has 3 fully saturated rings. The van der Waals surface area contributed by atoms with Crippen LogP contribution in [-0.4, -0.2) is 64.8 Å². The second kappa shape index (κ2) is 11.6. The molecule has 1 amide bonds. The number of ether oxygens (including phenoxy) is 1. The Bertz CT molecular complexity index is 964. The molecule has 10 heteroatoms. The summed E-state index contributed by atoms with van der Waals surface area (Å²) in [4.78, 5) is 16.1. The number of nitrogens with one attached hydrogen (secondary N) is 4. The van der Waals surface area contributed by atoms with Crippen LogP contribution in [0.4, 0.5) is 0 Å². The summed E-state index contributed by atoms with van der Waals surface area (Å²) in [7, 11) is -3.69. The van der Waals surface area contributed by atoms with Crippen LogP contribution in [0.3, 0.4) is 0 Å². The predicted octanol–water partition coefficient (Wildman–Crippen LogP) is 1.17. The molecule has 4 N–H and O–H groups in total. The van der Waals surface area contributed by atoms with Gasteiger partial charge in [-0.3, -0.25) is 4.79 Å². The van der Waals surface area contributed by atoms with Crippen molar-refractivity contribution >= 4 is 15.9 Å². The van der Waals surface area contributed by atoms with Crippen LogP contribution in [-0.2, 0) is 26.1 Å². The van der Waals surface area contributed by atoms with E-state index in [9.17, 15) is 13.2 Å². The molecule has 1 aromatic carbocycles. The second-order valence-electron chi connectivity index (χ2n) is 9.48. The normalized spacial score (nSPS) is 29.2. The predicted molar refractivity (Wildman–Crippen MR) is 128 cm³/mol. The number of amides is 1. The number of piperidine rings is 1. The van der Waals surface area contributed by atoms with E-state index in [1.54, 1.807) is 24.3 Å². The van der Waals surface area contributed by atoms with Crippen LogP contribution >= 0.6 is 0 Å². The van der Waals surface area contributed by atoms with E-state index in [0.29, 0.717) is 25.1 Å². The summed E-state index contributed by atoms with van der Waals surface area (Å²) in [5, 5.41) is 9.82. The van der Waals surface area contributed by atoms with Gasteiger partial charge in [-0.1, -0.05) is 25.0 Å². The van der Waals surface area contributed by atoms with Gasteiger partial charge in [0.15, 0.2) is 0 Å². The zero-order chi connectivity index (χ0) is 24.0. The van der Waals surface area contributed by atoms with Crippen LogP contribution in [0.1, 0.15) is 44.1 Å². The highest BCUT2D eigenvalue weighted by Crippen LogP contribution is 2.25. The lowest BCUT2D eigenvalue weighted by Crippen LogP contribution is -2.46. The van der Waals surface area contributed by atoms with Crippen molar-refractivity contribution in [1.82, 2.24) is 20.7 Å². The molecule has 4 rings (SSSR count). The molecule has 3 aliphatic rings. The Balaban J connectivity index is 1.29. The third-order valence-corrected chi connectivity index (χ3v) is 8.63. The first-order valence-electron chi connectivity index (χ1n) is 12.3. The van der Waals surface area contributed by atoms with Gasteiger partial charge in [-0.2, -0.15) is 0 Å². The zero-order valence-corrected chi connectivity index (χ0v) is 20.3. The molecule has 1 aromatic rings. The molecule has 5 atom stereocenters. The van der Waals surface area contributed by atoms with Gasteiger partial charge in [0, 0.05) is 18.6 Å². The molecule has 0 aromatic heterocycles. The molecule has 9 nitrogen and oxygen atoms in total. The van der Waals surface area contributed by atoms with Crippen molar-refractivity contribution in [3.05, 3.63) is 41.2 Å². The lowest BCUT2D eigenvalue weighted by atomic mass is 9.93. The fourth-order valence-electron chi connectivity index (χ4n) is 5.25. The van der Waals surface area contributed by atoms with Crippen molar-refractivity contribution in [2.75, 3.05) is 26.2 Å². The minimum Gasteiger partial charge on any atom is -0.369 e. The number of carbonyl (C=O) groups is 1. The molecule has 0 radical (unpaired) electrons. The molecule has 0 spiro atoms. The molecule has 0 bridgehead atoms. The van der Waals surface area contributed by atoms with Crippen LogP contribution in [0.5, 0.6) is 0 Å². The summed E-state index contributed by atoms with van der Waals surface area (Å²) in [6, 6.07) is 6.60. The Morgan fingerprint density at radius 1 is 1.18 bits per heavy atom. The molecule has 5 unspecified atom stereocenters. The van der Waals surface area contributed by atoms with Gasteiger partial charge < -0.3 is 25.5 Å². The fraction of sp³-hybridized carbons (Fsp3) is 0.667. The van der Waals surface area contributed by atoms with Gasteiger partial charge in [0.25, 0.3) is 0 Å². The average molecular weight is 490 g/mol. The minimum atomic E-state index is -3.69. The molecule has 2 heterocycles. The number of sulfonamides is 1. The summed E-state index contributed by atoms with van der Waals surface area (Å²) in [6.07, 6.45) is 5.14. The summed E-state index contributed by atoms with van der Waals surface area (Å²) in [5.41, 5.74) is 0.849. The summed E-state index contributed by atoms with van der Waals surface area (Å²) in [6.45, 7) is 9.79. The van der Waals surface area contributed by atoms with Gasteiger partial charge in [-0.15, -0.1) is 0 Å². The zero-order valence-electron chi connectivity index (χ0n) is 19.5. The molecule has 34 heavy (non-hydrogen) atoms. The third-order valence-electron chi connectivity index (χ3n) is 7.12. The molecular weight excluding hydrogens is 454 g/mol. The largest absolute Gasteiger partial charge is 0.369 e. The van der Waals surface area contributed by atoms with Crippen LogP contribution in [0.25, 0.3) is 4.85 Å². The maximum atomic E-state index is 13.0. The highest BCUT2D eigenvalue weighted by molar-refractivity contribution is 7.89. The Kier molecular flexibility index (Phi) is 8.55. The van der Waals surface area contributed by atoms with Crippen LogP contribution < -0.4 is 20.7 Å². The number of hydrogen-bond donors (Lipinski definition) is 4. The molecular formula is C24H35N5O4S. The molecule has 2 saturated heterocycles. The number of hydrogen-bond acceptors (Lipinski definition) is 6. The highest BCUT2D eigenvalue weighted by Gasteiger charge is 2.38. The van der Waals surface area contributed by atoms with Crippen molar-refractivity contribution < 1.29 is 17.9 Å². The van der Waals surface area contributed by atoms with Crippen molar-refractivity contribution in [3.63, 3.8) is 0 Å². The Hall–Kier alpha value is -2.03. The lowest BCUT2D eigenvalue weighted by molar-refractivity contribution is -0.123.